The van der Waals surface area contributed by atoms with Crippen LogP contribution in [0.2, 0.25) is 0 Å². The van der Waals surface area contributed by atoms with Crippen molar-refractivity contribution in [2.75, 3.05) is 12.4 Å². The van der Waals surface area contributed by atoms with E-state index < -0.39 is 9.84 Å². The Bertz CT molecular complexity index is 1400. The highest BCUT2D eigenvalue weighted by Gasteiger charge is 2.20. The van der Waals surface area contributed by atoms with Crippen molar-refractivity contribution in [2.24, 2.45) is 5.92 Å². The number of hydrogen-bond acceptors (Lipinski definition) is 4. The molecule has 5 nitrogen and oxygen atoms in total. The fourth-order valence-electron chi connectivity index (χ4n) is 4.73. The monoisotopic (exact) mass is 448 g/mol. The molecule has 4 aromatic rings. The van der Waals surface area contributed by atoms with E-state index in [4.69, 9.17) is 4.74 Å². The van der Waals surface area contributed by atoms with Crippen molar-refractivity contribution >= 4 is 31.8 Å². The average molecular weight is 449 g/mol. The Morgan fingerprint density at radius 1 is 1.12 bits per heavy atom. The minimum absolute atomic E-state index is 0.0794. The molecule has 2 aromatic carbocycles. The number of aromatic amines is 1. The number of nitrogens with one attached hydrogen (secondary N) is 1. The molecule has 1 aliphatic carbocycles. The molecule has 2 aromatic heterocycles. The van der Waals surface area contributed by atoms with Crippen LogP contribution in [0.4, 0.5) is 0 Å². The highest BCUT2D eigenvalue weighted by Crippen LogP contribution is 2.40. The lowest BCUT2D eigenvalue weighted by Crippen LogP contribution is -2.08. The van der Waals surface area contributed by atoms with Crippen LogP contribution in [0.25, 0.3) is 33.1 Å². The molecule has 166 valence electrons. The fourth-order valence-corrected chi connectivity index (χ4v) is 5.66. The first-order chi connectivity index (χ1) is 15.5. The Kier molecular flexibility index (Phi) is 5.41. The van der Waals surface area contributed by atoms with Gasteiger partial charge in [-0.25, -0.2) is 13.4 Å². The summed E-state index contributed by atoms with van der Waals surface area (Å²) in [6.45, 7) is 4.42. The Hall–Kier alpha value is -2.86. The zero-order valence-corrected chi connectivity index (χ0v) is 19.3. The van der Waals surface area contributed by atoms with Crippen molar-refractivity contribution in [3.63, 3.8) is 0 Å². The lowest BCUT2D eigenvalue weighted by Gasteiger charge is -2.14. The van der Waals surface area contributed by atoms with Gasteiger partial charge in [0.05, 0.1) is 22.8 Å². The normalized spacial score (nSPS) is 15.1. The summed E-state index contributed by atoms with van der Waals surface area (Å²) in [6, 6.07) is 13.4. The predicted octanol–water partition coefficient (Wildman–Crippen LogP) is 6.05. The quantitative estimate of drug-likeness (QED) is 0.389. The van der Waals surface area contributed by atoms with E-state index in [1.165, 1.54) is 25.7 Å². The summed E-state index contributed by atoms with van der Waals surface area (Å²) in [7, 11) is -3.29. The zero-order chi connectivity index (χ0) is 22.3. The molecule has 0 aliphatic heterocycles. The summed E-state index contributed by atoms with van der Waals surface area (Å²) in [5.74, 6) is 1.52. The van der Waals surface area contributed by atoms with Crippen molar-refractivity contribution in [3.05, 3.63) is 54.2 Å². The summed E-state index contributed by atoms with van der Waals surface area (Å²) in [6.07, 6.45) is 6.88. The summed E-state index contributed by atoms with van der Waals surface area (Å²) in [4.78, 5) is 8.40. The second kappa shape index (κ2) is 8.24. The second-order valence-electron chi connectivity index (χ2n) is 8.79. The zero-order valence-electron chi connectivity index (χ0n) is 18.5. The largest absolute Gasteiger partial charge is 0.491 e. The Balaban J connectivity index is 1.68. The third-order valence-electron chi connectivity index (χ3n) is 6.54. The predicted molar refractivity (Wildman–Crippen MR) is 129 cm³/mol. The van der Waals surface area contributed by atoms with E-state index in [1.54, 1.807) is 19.1 Å². The smallest absolute Gasteiger partial charge is 0.178 e. The number of rotatable bonds is 6. The van der Waals surface area contributed by atoms with Gasteiger partial charge in [-0.1, -0.05) is 31.9 Å². The topological polar surface area (TPSA) is 72.1 Å². The Labute approximate surface area is 188 Å². The molecule has 0 saturated heterocycles. The molecule has 0 atom stereocenters. The molecule has 1 N–H and O–H groups in total. The summed E-state index contributed by atoms with van der Waals surface area (Å²) in [5.41, 5.74) is 4.64. The maximum Gasteiger partial charge on any atom is 0.178 e. The maximum absolute atomic E-state index is 12.5. The fraction of sp³-hybridized carbons (Fsp3) is 0.346. The molecule has 1 saturated carbocycles. The van der Waals surface area contributed by atoms with Crippen LogP contribution in [-0.2, 0) is 9.84 Å². The SMILES string of the molecule is CCS(=O)(=O)c1cccc(-c2ccc(OCC3CCCC3)c3[nH]c4ncc(C)cc4c23)c1. The third-order valence-corrected chi connectivity index (χ3v) is 8.27. The number of pyridine rings is 1. The van der Waals surface area contributed by atoms with E-state index in [-0.39, 0.29) is 5.75 Å². The molecule has 32 heavy (non-hydrogen) atoms. The number of benzene rings is 2. The van der Waals surface area contributed by atoms with Gasteiger partial charge in [0.1, 0.15) is 11.4 Å². The molecule has 1 fully saturated rings. The number of H-pyrrole nitrogens is 1. The number of sulfone groups is 1. The van der Waals surface area contributed by atoms with Gasteiger partial charge in [0.25, 0.3) is 0 Å². The third kappa shape index (κ3) is 3.77. The molecule has 0 spiro atoms. The highest BCUT2D eigenvalue weighted by atomic mass is 32.2. The first-order valence-corrected chi connectivity index (χ1v) is 13.0. The minimum atomic E-state index is -3.29. The summed E-state index contributed by atoms with van der Waals surface area (Å²) >= 11 is 0. The van der Waals surface area contributed by atoms with Crippen LogP contribution in [0.5, 0.6) is 5.75 Å². The van der Waals surface area contributed by atoms with Gasteiger partial charge >= 0.3 is 0 Å². The van der Waals surface area contributed by atoms with Crippen molar-refractivity contribution in [1.29, 1.82) is 0 Å². The van der Waals surface area contributed by atoms with Gasteiger partial charge in [-0.3, -0.25) is 0 Å². The number of aryl methyl sites for hydroxylation is 1. The van der Waals surface area contributed by atoms with Crippen molar-refractivity contribution in [1.82, 2.24) is 9.97 Å². The number of nitrogens with zero attached hydrogens (tertiary/aromatic N) is 1. The second-order valence-corrected chi connectivity index (χ2v) is 11.1. The minimum Gasteiger partial charge on any atom is -0.491 e. The van der Waals surface area contributed by atoms with Crippen LogP contribution < -0.4 is 4.74 Å². The first kappa shape index (κ1) is 21.0. The molecule has 5 rings (SSSR count). The van der Waals surface area contributed by atoms with E-state index in [9.17, 15) is 8.42 Å². The van der Waals surface area contributed by atoms with Gasteiger partial charge in [-0.05, 0) is 72.7 Å². The van der Waals surface area contributed by atoms with Crippen LogP contribution in [0.1, 0.15) is 38.2 Å². The van der Waals surface area contributed by atoms with Gasteiger partial charge in [-0.15, -0.1) is 0 Å². The Morgan fingerprint density at radius 3 is 2.72 bits per heavy atom. The molecular weight excluding hydrogens is 420 g/mol. The molecule has 0 unspecified atom stereocenters. The highest BCUT2D eigenvalue weighted by molar-refractivity contribution is 7.91. The van der Waals surface area contributed by atoms with E-state index >= 15 is 0 Å². The van der Waals surface area contributed by atoms with Gasteiger partial charge in [-0.2, -0.15) is 0 Å². The van der Waals surface area contributed by atoms with E-state index in [0.717, 1.165) is 51.0 Å². The standard InChI is InChI=1S/C26H28N2O3S/c1-3-32(29,30)20-10-6-9-19(14-20)21-11-12-23(31-16-18-7-4-5-8-18)25-24(21)22-13-17(2)15-27-26(22)28-25/h6,9-15,18H,3-5,7-8,16H2,1-2H3,(H,27,28). The van der Waals surface area contributed by atoms with Crippen LogP contribution in [0.15, 0.2) is 53.6 Å². The van der Waals surface area contributed by atoms with E-state index in [2.05, 4.69) is 16.0 Å². The molecule has 6 heteroatoms. The number of fused-ring (bicyclic) bond motifs is 3. The van der Waals surface area contributed by atoms with Gasteiger partial charge < -0.3 is 9.72 Å². The molecule has 0 amide bonds. The lowest BCUT2D eigenvalue weighted by atomic mass is 9.99. The van der Waals surface area contributed by atoms with Gasteiger partial charge in [0.15, 0.2) is 9.84 Å². The van der Waals surface area contributed by atoms with Crippen molar-refractivity contribution in [2.45, 2.75) is 44.4 Å². The van der Waals surface area contributed by atoms with E-state index in [0.29, 0.717) is 10.8 Å². The number of aromatic nitrogens is 2. The molecule has 0 bridgehead atoms. The molecule has 2 heterocycles. The average Bonchev–Trinajstić information content (AvgIpc) is 3.45. The van der Waals surface area contributed by atoms with Gasteiger partial charge in [0, 0.05) is 17.0 Å². The van der Waals surface area contributed by atoms with Crippen LogP contribution >= 0.6 is 0 Å². The van der Waals surface area contributed by atoms with Crippen LogP contribution in [0.3, 0.4) is 0 Å². The molecular formula is C26H28N2O3S. The van der Waals surface area contributed by atoms with Crippen LogP contribution in [0, 0.1) is 12.8 Å². The summed E-state index contributed by atoms with van der Waals surface area (Å²) in [5, 5.41) is 2.04. The van der Waals surface area contributed by atoms with Crippen LogP contribution in [-0.4, -0.2) is 30.7 Å². The number of hydrogen-bond donors (Lipinski definition) is 1. The molecule has 1 aliphatic rings. The maximum atomic E-state index is 12.5. The Morgan fingerprint density at radius 2 is 1.94 bits per heavy atom. The van der Waals surface area contributed by atoms with Gasteiger partial charge in [0.2, 0.25) is 0 Å². The molecule has 0 radical (unpaired) electrons. The lowest BCUT2D eigenvalue weighted by molar-refractivity contribution is 0.254. The van der Waals surface area contributed by atoms with Crippen molar-refractivity contribution < 1.29 is 13.2 Å². The summed E-state index contributed by atoms with van der Waals surface area (Å²) < 4.78 is 31.3. The first-order valence-electron chi connectivity index (χ1n) is 11.3. The number of ether oxygens (including phenoxy) is 1. The van der Waals surface area contributed by atoms with E-state index in [1.807, 2.05) is 37.4 Å². The van der Waals surface area contributed by atoms with Crippen molar-refractivity contribution in [3.8, 4) is 16.9 Å².